The van der Waals surface area contributed by atoms with Crippen LogP contribution < -0.4 is 0 Å². The predicted molar refractivity (Wildman–Crippen MR) is 27.4 cm³/mol. The fraction of sp³-hybridized carbons (Fsp3) is 0. The van der Waals surface area contributed by atoms with E-state index in [2.05, 4.69) is 0 Å². The summed E-state index contributed by atoms with van der Waals surface area (Å²) < 4.78 is 24.4. The molecule has 0 heterocycles. The van der Waals surface area contributed by atoms with E-state index in [0.29, 0.717) is 0 Å². The minimum atomic E-state index is -4.26. The van der Waals surface area contributed by atoms with Gasteiger partial charge in [-0.15, -0.1) is 0 Å². The topological polar surface area (TPSA) is 60.7 Å². The van der Waals surface area contributed by atoms with Crippen LogP contribution in [0.1, 0.15) is 0 Å². The Balaban J connectivity index is 3.56. The first-order valence-electron chi connectivity index (χ1n) is 1.41. The Kier molecular flexibility index (Phi) is 2.88. The van der Waals surface area contributed by atoms with E-state index < -0.39 is 14.6 Å². The Morgan fingerprint density at radius 2 is 1.71 bits per heavy atom. The Hall–Kier alpha value is 0.468. The molecule has 0 saturated carbocycles. The van der Waals surface area contributed by atoms with Gasteiger partial charge in [0, 0.05) is 0 Å². The molecule has 1 radical (unpaired) electrons. The van der Waals surface area contributed by atoms with Gasteiger partial charge in [0.05, 0.1) is 0 Å². The van der Waals surface area contributed by atoms with E-state index >= 15 is 0 Å². The van der Waals surface area contributed by atoms with Crippen molar-refractivity contribution in [2.75, 3.05) is 0 Å². The molecule has 0 unspecified atom stereocenters. The summed E-state index contributed by atoms with van der Waals surface area (Å²) in [6, 6.07) is 0. The average molecular weight is 187 g/mol. The van der Waals surface area contributed by atoms with Gasteiger partial charge in [-0.3, -0.25) is 0 Å². The molecule has 0 spiro atoms. The van der Waals surface area contributed by atoms with Crippen LogP contribution in [0.4, 0.5) is 0 Å². The zero-order chi connectivity index (χ0) is 5.91. The normalized spacial score (nSPS) is 13.1. The molecule has 43 valence electrons. The first-order valence-corrected chi connectivity index (χ1v) is 5.45. The standard InChI is InChI=1S/C2H5AsClO3/c4-2-1-3(5,6)7/h1-2,5-7H. The van der Waals surface area contributed by atoms with Crippen molar-refractivity contribution in [3.8, 4) is 0 Å². The number of hydrogen-bond donors (Lipinski definition) is 3. The van der Waals surface area contributed by atoms with Gasteiger partial charge >= 0.3 is 48.9 Å². The second kappa shape index (κ2) is 2.70. The molecule has 0 bridgehead atoms. The molecule has 0 fully saturated rings. The van der Waals surface area contributed by atoms with Crippen LogP contribution >= 0.6 is 11.6 Å². The molecule has 0 amide bonds. The second-order valence-corrected chi connectivity index (χ2v) is 4.35. The van der Waals surface area contributed by atoms with Crippen molar-refractivity contribution in [2.24, 2.45) is 0 Å². The van der Waals surface area contributed by atoms with Crippen LogP contribution in [0.25, 0.3) is 0 Å². The van der Waals surface area contributed by atoms with E-state index in [-0.39, 0.29) is 0 Å². The van der Waals surface area contributed by atoms with Gasteiger partial charge in [-0.25, -0.2) is 0 Å². The molecule has 0 aromatic heterocycles. The van der Waals surface area contributed by atoms with Gasteiger partial charge in [-0.05, 0) is 0 Å². The SMILES string of the molecule is O[As](O)(O)C=CCl. The van der Waals surface area contributed by atoms with Crippen LogP contribution in [0.3, 0.4) is 0 Å². The number of rotatable bonds is 1. The van der Waals surface area contributed by atoms with Gasteiger partial charge in [0.2, 0.25) is 0 Å². The molecule has 0 atom stereocenters. The zero-order valence-corrected chi connectivity index (χ0v) is 5.95. The summed E-state index contributed by atoms with van der Waals surface area (Å²) in [5.41, 5.74) is 0.882. The zero-order valence-electron chi connectivity index (χ0n) is 3.32. The molecule has 3 N–H and O–H groups in total. The Labute approximate surface area is 49.4 Å². The maximum atomic E-state index is 8.13. The van der Waals surface area contributed by atoms with Gasteiger partial charge in [0.25, 0.3) is 0 Å². The van der Waals surface area contributed by atoms with Crippen molar-refractivity contribution < 1.29 is 12.3 Å². The summed E-state index contributed by atoms with van der Waals surface area (Å²) in [6.07, 6.45) is 0. The second-order valence-electron chi connectivity index (χ2n) is 0.890. The van der Waals surface area contributed by atoms with E-state index in [0.717, 1.165) is 10.4 Å². The summed E-state index contributed by atoms with van der Waals surface area (Å²) in [6.45, 7) is 0. The molecule has 0 aliphatic heterocycles. The Morgan fingerprint density at radius 3 is 1.71 bits per heavy atom. The Bertz CT molecular complexity index is 75.5. The van der Waals surface area contributed by atoms with Crippen LogP contribution in [0, 0.1) is 0 Å². The molecule has 0 saturated heterocycles. The molecule has 0 rings (SSSR count). The molecule has 3 nitrogen and oxygen atoms in total. The van der Waals surface area contributed by atoms with E-state index in [1.54, 1.807) is 0 Å². The van der Waals surface area contributed by atoms with Gasteiger partial charge < -0.3 is 0 Å². The van der Waals surface area contributed by atoms with Crippen LogP contribution in [0.5, 0.6) is 0 Å². The fourth-order valence-electron chi connectivity index (χ4n) is 0.0756. The quantitative estimate of drug-likeness (QED) is 0.471. The van der Waals surface area contributed by atoms with Gasteiger partial charge in [0.15, 0.2) is 0 Å². The third-order valence-corrected chi connectivity index (χ3v) is 1.92. The molecule has 0 aliphatic carbocycles. The summed E-state index contributed by atoms with van der Waals surface area (Å²) in [7, 11) is 0. The van der Waals surface area contributed by atoms with Gasteiger partial charge in [0.1, 0.15) is 0 Å². The molecular formula is C2H5AsClO3. The minimum absolute atomic E-state index is 0.791. The first-order chi connectivity index (χ1) is 3.06. The van der Waals surface area contributed by atoms with E-state index in [1.165, 1.54) is 0 Å². The van der Waals surface area contributed by atoms with Crippen molar-refractivity contribution in [1.82, 2.24) is 0 Å². The molecule has 0 aromatic carbocycles. The Morgan fingerprint density at radius 1 is 1.29 bits per heavy atom. The maximum absolute atomic E-state index is 8.13. The van der Waals surface area contributed by atoms with Crippen LogP contribution in [-0.4, -0.2) is 26.9 Å². The van der Waals surface area contributed by atoms with Crippen LogP contribution in [0.15, 0.2) is 10.4 Å². The van der Waals surface area contributed by atoms with E-state index in [4.69, 9.17) is 23.9 Å². The summed E-state index contributed by atoms with van der Waals surface area (Å²) in [5.74, 6) is 0. The van der Waals surface area contributed by atoms with E-state index in [1.807, 2.05) is 0 Å². The molecule has 0 aliphatic rings. The predicted octanol–water partition coefficient (Wildman–Crippen LogP) is -0.806. The molecule has 0 aromatic rings. The number of hydrogen-bond acceptors (Lipinski definition) is 3. The monoisotopic (exact) mass is 187 g/mol. The van der Waals surface area contributed by atoms with E-state index in [9.17, 15) is 0 Å². The molecule has 7 heavy (non-hydrogen) atoms. The van der Waals surface area contributed by atoms with Crippen molar-refractivity contribution in [3.05, 3.63) is 10.4 Å². The fourth-order valence-corrected chi connectivity index (χ4v) is 1.18. The van der Waals surface area contributed by atoms with Crippen LogP contribution in [-0.2, 0) is 0 Å². The summed E-state index contributed by atoms with van der Waals surface area (Å²) in [5, 5.41) is 0. The summed E-state index contributed by atoms with van der Waals surface area (Å²) >= 11 is 0.612. The molecule has 5 heteroatoms. The average Bonchev–Trinajstić information content (AvgIpc) is 1.30. The van der Waals surface area contributed by atoms with Crippen LogP contribution in [0.2, 0.25) is 0 Å². The van der Waals surface area contributed by atoms with Gasteiger partial charge in [-0.2, -0.15) is 0 Å². The van der Waals surface area contributed by atoms with Crippen molar-refractivity contribution in [2.45, 2.75) is 0 Å². The molecular weight excluding hydrogens is 182 g/mol. The first kappa shape index (κ1) is 7.47. The third kappa shape index (κ3) is 6.47. The van der Waals surface area contributed by atoms with Crippen molar-refractivity contribution in [3.63, 3.8) is 0 Å². The summed E-state index contributed by atoms with van der Waals surface area (Å²) in [4.78, 5) is 0.791. The third-order valence-electron chi connectivity index (χ3n) is 0.256. The number of halogens is 1. The van der Waals surface area contributed by atoms with Gasteiger partial charge in [-0.1, -0.05) is 0 Å². The van der Waals surface area contributed by atoms with Crippen molar-refractivity contribution in [1.29, 1.82) is 0 Å². The van der Waals surface area contributed by atoms with Crippen molar-refractivity contribution >= 4 is 26.2 Å².